The normalized spacial score (nSPS) is 19.8. The number of benzene rings is 1. The zero-order chi connectivity index (χ0) is 9.59. The molecular weight excluding hydrogens is 171 g/mol. The first-order valence-electron chi connectivity index (χ1n) is 4.00. The maximum Gasteiger partial charge on any atom is 0.254 e. The minimum absolute atomic E-state index is 0.0562. The molecule has 2 rings (SSSR count). The Labute approximate surface area is 74.7 Å². The summed E-state index contributed by atoms with van der Waals surface area (Å²) in [5, 5.41) is 2.66. The molecule has 3 N–H and O–H groups in total. The highest BCUT2D eigenvalue weighted by molar-refractivity contribution is 6.03. The summed E-state index contributed by atoms with van der Waals surface area (Å²) < 4.78 is 13.0. The molecule has 1 aliphatic rings. The molecule has 13 heavy (non-hydrogen) atoms. The lowest BCUT2D eigenvalue weighted by molar-refractivity contribution is 0.0959. The van der Waals surface area contributed by atoms with E-state index in [1.165, 1.54) is 6.07 Å². The van der Waals surface area contributed by atoms with Crippen LogP contribution in [0.3, 0.4) is 0 Å². The molecule has 0 saturated heterocycles. The minimum Gasteiger partial charge on any atom is -0.396 e. The van der Waals surface area contributed by atoms with Crippen molar-refractivity contribution in [3.05, 3.63) is 29.1 Å². The van der Waals surface area contributed by atoms with Gasteiger partial charge in [0.1, 0.15) is 5.82 Å². The Morgan fingerprint density at radius 1 is 1.54 bits per heavy atom. The molecule has 1 aliphatic heterocycles. The van der Waals surface area contributed by atoms with Crippen molar-refractivity contribution in [1.29, 1.82) is 0 Å². The number of nitrogen functional groups attached to an aromatic ring is 1. The summed E-state index contributed by atoms with van der Waals surface area (Å²) in [5.41, 5.74) is 6.45. The minimum atomic E-state index is -0.539. The molecule has 0 saturated carbocycles. The summed E-state index contributed by atoms with van der Waals surface area (Å²) in [7, 11) is 0. The van der Waals surface area contributed by atoms with Gasteiger partial charge in [0.05, 0.1) is 17.3 Å². The lowest BCUT2D eigenvalue weighted by Gasteiger charge is -2.04. The van der Waals surface area contributed by atoms with E-state index < -0.39 is 5.82 Å². The quantitative estimate of drug-likeness (QED) is 0.589. The lowest BCUT2D eigenvalue weighted by atomic mass is 10.0. The number of halogens is 1. The van der Waals surface area contributed by atoms with Crippen LogP contribution in [0.4, 0.5) is 10.1 Å². The fourth-order valence-corrected chi connectivity index (χ4v) is 1.57. The second-order valence-electron chi connectivity index (χ2n) is 3.12. The highest BCUT2D eigenvalue weighted by atomic mass is 19.1. The van der Waals surface area contributed by atoms with Crippen LogP contribution in [-0.2, 0) is 0 Å². The number of nitrogens with two attached hydrogens (primary N) is 1. The average Bonchev–Trinajstić information content (AvgIpc) is 2.35. The van der Waals surface area contributed by atoms with Crippen LogP contribution in [0.25, 0.3) is 0 Å². The molecule has 0 fully saturated rings. The SMILES string of the molecule is C[C@@H]1NC(=O)c2c1ccc(F)c2N. The maximum absolute atomic E-state index is 13.0. The largest absolute Gasteiger partial charge is 0.396 e. The van der Waals surface area contributed by atoms with Crippen LogP contribution in [0.15, 0.2) is 12.1 Å². The Kier molecular flexibility index (Phi) is 1.52. The van der Waals surface area contributed by atoms with Gasteiger partial charge in [-0.1, -0.05) is 6.07 Å². The van der Waals surface area contributed by atoms with Crippen molar-refractivity contribution >= 4 is 11.6 Å². The monoisotopic (exact) mass is 180 g/mol. The molecule has 1 atom stereocenters. The first-order valence-corrected chi connectivity index (χ1v) is 4.00. The Bertz CT molecular complexity index is 389. The van der Waals surface area contributed by atoms with E-state index in [1.807, 2.05) is 6.92 Å². The standard InChI is InChI=1S/C9H9FN2O/c1-4-5-2-3-6(10)8(11)7(5)9(13)12-4/h2-4H,11H2,1H3,(H,12,13)/t4-/m0/s1. The summed E-state index contributed by atoms with van der Waals surface area (Å²) in [4.78, 5) is 11.3. The molecule has 68 valence electrons. The second kappa shape index (κ2) is 2.45. The van der Waals surface area contributed by atoms with E-state index in [0.717, 1.165) is 5.56 Å². The Morgan fingerprint density at radius 3 is 2.92 bits per heavy atom. The zero-order valence-corrected chi connectivity index (χ0v) is 7.10. The highest BCUT2D eigenvalue weighted by Gasteiger charge is 2.28. The van der Waals surface area contributed by atoms with E-state index in [0.29, 0.717) is 0 Å². The number of fused-ring (bicyclic) bond motifs is 1. The molecule has 1 amide bonds. The molecule has 0 bridgehead atoms. The van der Waals surface area contributed by atoms with E-state index in [1.54, 1.807) is 6.07 Å². The molecule has 1 heterocycles. The molecule has 0 aromatic heterocycles. The number of anilines is 1. The topological polar surface area (TPSA) is 55.1 Å². The third kappa shape index (κ3) is 0.983. The van der Waals surface area contributed by atoms with Gasteiger partial charge in [0.2, 0.25) is 0 Å². The number of carbonyl (C=O) groups excluding carboxylic acids is 1. The van der Waals surface area contributed by atoms with Crippen LogP contribution in [0.2, 0.25) is 0 Å². The van der Waals surface area contributed by atoms with Crippen LogP contribution < -0.4 is 11.1 Å². The maximum atomic E-state index is 13.0. The molecule has 1 aromatic rings. The van der Waals surface area contributed by atoms with Crippen molar-refractivity contribution in [1.82, 2.24) is 5.32 Å². The van der Waals surface area contributed by atoms with E-state index in [-0.39, 0.29) is 23.2 Å². The number of hydrogen-bond acceptors (Lipinski definition) is 2. The molecule has 0 spiro atoms. The van der Waals surface area contributed by atoms with Gasteiger partial charge in [0.15, 0.2) is 0 Å². The smallest absolute Gasteiger partial charge is 0.254 e. The van der Waals surface area contributed by atoms with E-state index in [9.17, 15) is 9.18 Å². The number of nitrogens with one attached hydrogen (secondary N) is 1. The van der Waals surface area contributed by atoms with E-state index in [4.69, 9.17) is 5.73 Å². The third-order valence-corrected chi connectivity index (χ3v) is 2.27. The second-order valence-corrected chi connectivity index (χ2v) is 3.12. The number of amides is 1. The van der Waals surface area contributed by atoms with Crippen LogP contribution in [0.1, 0.15) is 28.9 Å². The van der Waals surface area contributed by atoms with Gasteiger partial charge in [0.25, 0.3) is 5.91 Å². The molecule has 0 unspecified atom stereocenters. The van der Waals surface area contributed by atoms with Crippen LogP contribution in [0.5, 0.6) is 0 Å². The lowest BCUT2D eigenvalue weighted by Crippen LogP contribution is -2.16. The van der Waals surface area contributed by atoms with Gasteiger partial charge in [-0.05, 0) is 18.6 Å². The van der Waals surface area contributed by atoms with Gasteiger partial charge < -0.3 is 11.1 Å². The summed E-state index contributed by atoms with van der Waals surface area (Å²) >= 11 is 0. The zero-order valence-electron chi connectivity index (χ0n) is 7.10. The first-order chi connectivity index (χ1) is 6.11. The number of carbonyl (C=O) groups is 1. The molecule has 0 aliphatic carbocycles. The van der Waals surface area contributed by atoms with Crippen LogP contribution in [0, 0.1) is 5.82 Å². The van der Waals surface area contributed by atoms with Gasteiger partial charge in [0, 0.05) is 0 Å². The molecule has 1 aromatic carbocycles. The van der Waals surface area contributed by atoms with Crippen molar-refractivity contribution in [2.24, 2.45) is 0 Å². The van der Waals surface area contributed by atoms with E-state index in [2.05, 4.69) is 5.32 Å². The highest BCUT2D eigenvalue weighted by Crippen LogP contribution is 2.30. The number of rotatable bonds is 0. The summed E-state index contributed by atoms with van der Waals surface area (Å²) in [6.07, 6.45) is 0. The average molecular weight is 180 g/mol. The molecule has 4 heteroatoms. The van der Waals surface area contributed by atoms with Crippen molar-refractivity contribution in [3.63, 3.8) is 0 Å². The van der Waals surface area contributed by atoms with Gasteiger partial charge in [-0.3, -0.25) is 4.79 Å². The summed E-state index contributed by atoms with van der Waals surface area (Å²) in [6.45, 7) is 1.83. The van der Waals surface area contributed by atoms with Crippen molar-refractivity contribution in [3.8, 4) is 0 Å². The fourth-order valence-electron chi connectivity index (χ4n) is 1.57. The summed E-state index contributed by atoms with van der Waals surface area (Å²) in [5.74, 6) is -0.831. The van der Waals surface area contributed by atoms with Gasteiger partial charge in [-0.25, -0.2) is 4.39 Å². The van der Waals surface area contributed by atoms with Crippen molar-refractivity contribution in [2.75, 3.05) is 5.73 Å². The van der Waals surface area contributed by atoms with Crippen molar-refractivity contribution in [2.45, 2.75) is 13.0 Å². The van der Waals surface area contributed by atoms with Gasteiger partial charge in [-0.2, -0.15) is 0 Å². The first kappa shape index (κ1) is 8.04. The fraction of sp³-hybridized carbons (Fsp3) is 0.222. The predicted octanol–water partition coefficient (Wildman–Crippen LogP) is 1.21. The number of hydrogen-bond donors (Lipinski definition) is 2. The molecule has 0 radical (unpaired) electrons. The predicted molar refractivity (Wildman–Crippen MR) is 46.7 cm³/mol. The Balaban J connectivity index is 2.71. The van der Waals surface area contributed by atoms with E-state index >= 15 is 0 Å². The van der Waals surface area contributed by atoms with Crippen molar-refractivity contribution < 1.29 is 9.18 Å². The molecular formula is C9H9FN2O. The van der Waals surface area contributed by atoms with Crippen LogP contribution >= 0.6 is 0 Å². The summed E-state index contributed by atoms with van der Waals surface area (Å²) in [6, 6.07) is 2.79. The Hall–Kier alpha value is -1.58. The Morgan fingerprint density at radius 2 is 2.23 bits per heavy atom. The molecule has 3 nitrogen and oxygen atoms in total. The van der Waals surface area contributed by atoms with Crippen LogP contribution in [-0.4, -0.2) is 5.91 Å². The van der Waals surface area contributed by atoms with Gasteiger partial charge >= 0.3 is 0 Å². The van der Waals surface area contributed by atoms with Gasteiger partial charge in [-0.15, -0.1) is 0 Å². The third-order valence-electron chi connectivity index (χ3n) is 2.27.